The van der Waals surface area contributed by atoms with Crippen molar-refractivity contribution in [2.45, 2.75) is 12.5 Å². The Kier molecular flexibility index (Phi) is 5.86. The van der Waals surface area contributed by atoms with Crippen LogP contribution in [0.5, 0.6) is 5.75 Å². The molecule has 2 aromatic rings. The monoisotopic (exact) mass is 348 g/mol. The quantitative estimate of drug-likeness (QED) is 0.568. The normalized spacial score (nSPS) is 12.2. The molecule has 0 heterocycles. The number of benzene rings is 2. The summed E-state index contributed by atoms with van der Waals surface area (Å²) in [6.45, 7) is 0. The Bertz CT molecular complexity index is 569. The van der Waals surface area contributed by atoms with E-state index in [-0.39, 0.29) is 6.10 Å². The number of halogens is 4. The summed E-state index contributed by atoms with van der Waals surface area (Å²) < 4.78 is 5.95. The van der Waals surface area contributed by atoms with E-state index in [0.29, 0.717) is 33.1 Å². The van der Waals surface area contributed by atoms with E-state index >= 15 is 0 Å². The number of rotatable bonds is 5. The molecule has 0 unspecified atom stereocenters. The van der Waals surface area contributed by atoms with Crippen LogP contribution in [-0.4, -0.2) is 5.88 Å². The Hall–Kier alpha value is -0.600. The Morgan fingerprint density at radius 2 is 1.55 bits per heavy atom. The van der Waals surface area contributed by atoms with E-state index in [0.717, 1.165) is 5.56 Å². The average Bonchev–Trinajstić information content (AvgIpc) is 2.42. The number of hydrogen-bond donors (Lipinski definition) is 0. The van der Waals surface area contributed by atoms with Gasteiger partial charge in [-0.1, -0.05) is 46.9 Å². The van der Waals surface area contributed by atoms with Crippen LogP contribution in [0.3, 0.4) is 0 Å². The zero-order chi connectivity index (χ0) is 14.5. The Morgan fingerprint density at radius 1 is 0.900 bits per heavy atom. The standard InChI is InChI=1S/C15H12Cl4O/c16-8-7-14(10-1-3-11(17)4-2-10)20-15-6-5-12(18)9-13(15)19/h1-6,9,14H,7-8H2/t14-/m0/s1. The molecule has 0 amide bonds. The van der Waals surface area contributed by atoms with E-state index < -0.39 is 0 Å². The Morgan fingerprint density at radius 3 is 2.15 bits per heavy atom. The van der Waals surface area contributed by atoms with Crippen LogP contribution < -0.4 is 4.74 Å². The van der Waals surface area contributed by atoms with Crippen molar-refractivity contribution in [3.8, 4) is 5.75 Å². The van der Waals surface area contributed by atoms with Crippen LogP contribution in [0, 0.1) is 0 Å². The highest BCUT2D eigenvalue weighted by atomic mass is 35.5. The van der Waals surface area contributed by atoms with E-state index in [4.69, 9.17) is 51.1 Å². The molecule has 106 valence electrons. The molecule has 2 aromatic carbocycles. The Labute approximate surface area is 138 Å². The minimum absolute atomic E-state index is 0.177. The molecule has 0 aliphatic heterocycles. The lowest BCUT2D eigenvalue weighted by Crippen LogP contribution is -2.08. The van der Waals surface area contributed by atoms with E-state index in [9.17, 15) is 0 Å². The van der Waals surface area contributed by atoms with E-state index in [1.807, 2.05) is 24.3 Å². The Balaban J connectivity index is 2.22. The lowest BCUT2D eigenvalue weighted by Gasteiger charge is -2.19. The van der Waals surface area contributed by atoms with Gasteiger partial charge in [0.2, 0.25) is 0 Å². The van der Waals surface area contributed by atoms with Crippen LogP contribution in [0.2, 0.25) is 15.1 Å². The van der Waals surface area contributed by atoms with Crippen LogP contribution in [0.15, 0.2) is 42.5 Å². The molecule has 20 heavy (non-hydrogen) atoms. The summed E-state index contributed by atoms with van der Waals surface area (Å²) >= 11 is 23.7. The second-order valence-electron chi connectivity index (χ2n) is 4.21. The van der Waals surface area contributed by atoms with Gasteiger partial charge < -0.3 is 4.74 Å². The summed E-state index contributed by atoms with van der Waals surface area (Å²) in [6.07, 6.45) is 0.491. The van der Waals surface area contributed by atoms with E-state index in [1.165, 1.54) is 0 Å². The van der Waals surface area contributed by atoms with Gasteiger partial charge in [0.15, 0.2) is 0 Å². The van der Waals surface area contributed by atoms with Crippen LogP contribution in [-0.2, 0) is 0 Å². The van der Waals surface area contributed by atoms with Gasteiger partial charge in [0, 0.05) is 22.3 Å². The zero-order valence-corrected chi connectivity index (χ0v) is 13.5. The van der Waals surface area contributed by atoms with Gasteiger partial charge in [0.25, 0.3) is 0 Å². The summed E-state index contributed by atoms with van der Waals surface area (Å²) in [7, 11) is 0. The summed E-state index contributed by atoms with van der Waals surface area (Å²) in [6, 6.07) is 12.6. The van der Waals surface area contributed by atoms with E-state index in [2.05, 4.69) is 0 Å². The van der Waals surface area contributed by atoms with Gasteiger partial charge in [-0.25, -0.2) is 0 Å². The molecule has 0 spiro atoms. The minimum Gasteiger partial charge on any atom is -0.484 e. The molecule has 0 saturated heterocycles. The smallest absolute Gasteiger partial charge is 0.138 e. The maximum absolute atomic E-state index is 6.12. The first-order valence-electron chi connectivity index (χ1n) is 6.03. The largest absolute Gasteiger partial charge is 0.484 e. The highest BCUT2D eigenvalue weighted by molar-refractivity contribution is 6.35. The molecular weight excluding hydrogens is 338 g/mol. The van der Waals surface area contributed by atoms with Gasteiger partial charge >= 0.3 is 0 Å². The SMILES string of the molecule is ClCC[C@H](Oc1ccc(Cl)cc1Cl)c1ccc(Cl)cc1. The lowest BCUT2D eigenvalue weighted by atomic mass is 10.1. The third-order valence-corrected chi connectivity index (χ3v) is 3.78. The van der Waals surface area contributed by atoms with Crippen molar-refractivity contribution in [3.05, 3.63) is 63.1 Å². The third-order valence-electron chi connectivity index (χ3n) is 2.78. The minimum atomic E-state index is -0.177. The van der Waals surface area contributed by atoms with Crippen molar-refractivity contribution in [3.63, 3.8) is 0 Å². The fourth-order valence-electron chi connectivity index (χ4n) is 1.79. The van der Waals surface area contributed by atoms with Crippen molar-refractivity contribution >= 4 is 46.4 Å². The molecule has 0 aromatic heterocycles. The lowest BCUT2D eigenvalue weighted by molar-refractivity contribution is 0.202. The first-order valence-corrected chi connectivity index (χ1v) is 7.70. The first-order chi connectivity index (χ1) is 9.60. The molecule has 0 N–H and O–H groups in total. The first kappa shape index (κ1) is 15.8. The summed E-state index contributed by atoms with van der Waals surface area (Å²) in [5.41, 5.74) is 1.00. The molecule has 0 radical (unpaired) electrons. The van der Waals surface area contributed by atoms with Crippen molar-refractivity contribution in [1.29, 1.82) is 0 Å². The summed E-state index contributed by atoms with van der Waals surface area (Å²) in [5, 5.41) is 1.73. The third kappa shape index (κ3) is 4.20. The molecule has 1 atom stereocenters. The van der Waals surface area contributed by atoms with Crippen LogP contribution >= 0.6 is 46.4 Å². The second-order valence-corrected chi connectivity index (χ2v) is 5.87. The van der Waals surface area contributed by atoms with Crippen LogP contribution in [0.25, 0.3) is 0 Å². The van der Waals surface area contributed by atoms with Gasteiger partial charge in [-0.15, -0.1) is 11.6 Å². The predicted molar refractivity (Wildman–Crippen MR) is 86.6 cm³/mol. The molecule has 0 fully saturated rings. The maximum atomic E-state index is 6.12. The molecule has 1 nitrogen and oxygen atoms in total. The molecule has 0 bridgehead atoms. The maximum Gasteiger partial charge on any atom is 0.138 e. The van der Waals surface area contributed by atoms with Crippen molar-refractivity contribution in [2.24, 2.45) is 0 Å². The predicted octanol–water partition coefficient (Wildman–Crippen LogP) is 6.40. The zero-order valence-electron chi connectivity index (χ0n) is 10.5. The van der Waals surface area contributed by atoms with Gasteiger partial charge in [0.05, 0.1) is 5.02 Å². The fraction of sp³-hybridized carbons (Fsp3) is 0.200. The van der Waals surface area contributed by atoms with Gasteiger partial charge in [-0.2, -0.15) is 0 Å². The van der Waals surface area contributed by atoms with Crippen molar-refractivity contribution in [2.75, 3.05) is 5.88 Å². The molecule has 0 saturated carbocycles. The summed E-state index contributed by atoms with van der Waals surface area (Å²) in [4.78, 5) is 0. The van der Waals surface area contributed by atoms with Gasteiger partial charge in [-0.3, -0.25) is 0 Å². The highest BCUT2D eigenvalue weighted by Crippen LogP contribution is 2.33. The fourth-order valence-corrected chi connectivity index (χ4v) is 2.57. The van der Waals surface area contributed by atoms with Gasteiger partial charge in [0.1, 0.15) is 11.9 Å². The topological polar surface area (TPSA) is 9.23 Å². The van der Waals surface area contributed by atoms with Gasteiger partial charge in [-0.05, 0) is 35.9 Å². The molecular formula is C15H12Cl4O. The molecule has 5 heteroatoms. The molecule has 0 aliphatic rings. The molecule has 2 rings (SSSR count). The van der Waals surface area contributed by atoms with Crippen molar-refractivity contribution < 1.29 is 4.74 Å². The van der Waals surface area contributed by atoms with Crippen molar-refractivity contribution in [1.82, 2.24) is 0 Å². The van der Waals surface area contributed by atoms with E-state index in [1.54, 1.807) is 18.2 Å². The number of hydrogen-bond acceptors (Lipinski definition) is 1. The number of ether oxygens (including phenoxy) is 1. The van der Waals surface area contributed by atoms with Crippen LogP contribution in [0.1, 0.15) is 18.1 Å². The highest BCUT2D eigenvalue weighted by Gasteiger charge is 2.15. The number of alkyl halides is 1. The van der Waals surface area contributed by atoms with Crippen LogP contribution in [0.4, 0.5) is 0 Å². The average molecular weight is 350 g/mol. The molecule has 0 aliphatic carbocycles. The second kappa shape index (κ2) is 7.42. The summed E-state index contributed by atoms with van der Waals surface area (Å²) in [5.74, 6) is 1.07.